The Balaban J connectivity index is 2.15. The predicted octanol–water partition coefficient (Wildman–Crippen LogP) is 4.12. The Labute approximate surface area is 201 Å². The molecule has 34 heavy (non-hydrogen) atoms. The Morgan fingerprint density at radius 3 is 2.15 bits per heavy atom. The van der Waals surface area contributed by atoms with Crippen molar-refractivity contribution < 1.29 is 28.5 Å². The van der Waals surface area contributed by atoms with Crippen LogP contribution >= 0.6 is 0 Å². The predicted molar refractivity (Wildman–Crippen MR) is 130 cm³/mol. The number of ether oxygens (including phenoxy) is 4. The first-order valence-corrected chi connectivity index (χ1v) is 11.4. The van der Waals surface area contributed by atoms with Crippen LogP contribution in [0.3, 0.4) is 0 Å². The van der Waals surface area contributed by atoms with Crippen molar-refractivity contribution in [1.82, 2.24) is 5.32 Å². The molecule has 0 spiro atoms. The van der Waals surface area contributed by atoms with Gasteiger partial charge in [0, 0.05) is 24.6 Å². The second-order valence-electron chi connectivity index (χ2n) is 8.33. The zero-order valence-corrected chi connectivity index (χ0v) is 20.7. The van der Waals surface area contributed by atoms with Gasteiger partial charge >= 0.3 is 0 Å². The summed E-state index contributed by atoms with van der Waals surface area (Å²) in [7, 11) is 6.19. The highest BCUT2D eigenvalue weighted by Gasteiger charge is 2.42. The Kier molecular flexibility index (Phi) is 8.26. The summed E-state index contributed by atoms with van der Waals surface area (Å²) in [4.78, 5) is 28.4. The third-order valence-electron chi connectivity index (χ3n) is 6.32. The van der Waals surface area contributed by atoms with Crippen molar-refractivity contribution in [2.45, 2.75) is 45.2 Å². The molecule has 3 rings (SSSR count). The number of nitrogens with zero attached hydrogens (tertiary/aromatic N) is 1. The number of hydrogen-bond donors (Lipinski definition) is 1. The van der Waals surface area contributed by atoms with E-state index in [0.29, 0.717) is 35.1 Å². The number of carbonyl (C=O) groups excluding carboxylic acids is 2. The van der Waals surface area contributed by atoms with Gasteiger partial charge in [-0.2, -0.15) is 0 Å². The highest BCUT2D eigenvalue weighted by molar-refractivity contribution is 5.98. The van der Waals surface area contributed by atoms with E-state index in [9.17, 15) is 9.59 Å². The van der Waals surface area contributed by atoms with E-state index in [1.54, 1.807) is 24.1 Å². The number of amides is 2. The summed E-state index contributed by atoms with van der Waals surface area (Å²) >= 11 is 0. The monoisotopic (exact) mass is 470 g/mol. The first-order chi connectivity index (χ1) is 16.4. The van der Waals surface area contributed by atoms with Crippen LogP contribution in [-0.4, -0.2) is 46.3 Å². The summed E-state index contributed by atoms with van der Waals surface area (Å²) in [5.41, 5.74) is 1.41. The first kappa shape index (κ1) is 25.2. The molecule has 0 saturated carbocycles. The molecular formula is C26H34N2O6. The van der Waals surface area contributed by atoms with Gasteiger partial charge in [0.05, 0.1) is 46.1 Å². The van der Waals surface area contributed by atoms with E-state index in [1.807, 2.05) is 38.1 Å². The van der Waals surface area contributed by atoms with Crippen LogP contribution in [0.1, 0.15) is 44.7 Å². The number of hydrogen-bond acceptors (Lipinski definition) is 6. The fraction of sp³-hybridized carbons (Fsp3) is 0.462. The molecule has 2 aromatic rings. The van der Waals surface area contributed by atoms with Gasteiger partial charge in [-0.1, -0.05) is 19.1 Å². The number of carbonyl (C=O) groups is 2. The molecule has 0 aliphatic carbocycles. The Morgan fingerprint density at radius 2 is 1.65 bits per heavy atom. The molecule has 1 aliphatic rings. The first-order valence-electron chi connectivity index (χ1n) is 11.4. The van der Waals surface area contributed by atoms with Crippen LogP contribution in [0.15, 0.2) is 36.4 Å². The van der Waals surface area contributed by atoms with Gasteiger partial charge in [0.25, 0.3) is 0 Å². The van der Waals surface area contributed by atoms with Crippen LogP contribution in [0.5, 0.6) is 23.0 Å². The molecule has 0 radical (unpaired) electrons. The van der Waals surface area contributed by atoms with Crippen molar-refractivity contribution in [3.8, 4) is 23.0 Å². The van der Waals surface area contributed by atoms with E-state index in [1.165, 1.54) is 21.3 Å². The van der Waals surface area contributed by atoms with Crippen LogP contribution in [0.2, 0.25) is 0 Å². The normalized spacial score (nSPS) is 18.8. The smallest absolute Gasteiger partial charge is 0.227 e. The zero-order valence-electron chi connectivity index (χ0n) is 20.7. The standard InChI is InChI=1S/C26H34N2O6/c1-7-16(2)27-26(30)20-12-13-23(29)28(24(20)17-8-10-19(31-3)11-9-17)18-14-21(32-4)25(34-6)22(15-18)33-5/h8-11,14-16,20,24H,7,12-13H2,1-6H3,(H,27,30)/t16-,20-,24+/m0/s1. The summed E-state index contributed by atoms with van der Waals surface area (Å²) in [5.74, 6) is 1.42. The molecule has 3 atom stereocenters. The van der Waals surface area contributed by atoms with Gasteiger partial charge in [-0.05, 0) is 37.5 Å². The van der Waals surface area contributed by atoms with Crippen molar-refractivity contribution in [2.75, 3.05) is 33.3 Å². The molecule has 1 heterocycles. The number of benzene rings is 2. The van der Waals surface area contributed by atoms with Crippen LogP contribution in [0.25, 0.3) is 0 Å². The van der Waals surface area contributed by atoms with Crippen molar-refractivity contribution in [3.05, 3.63) is 42.0 Å². The zero-order chi connectivity index (χ0) is 24.8. The number of piperidine rings is 1. The minimum atomic E-state index is -0.515. The summed E-state index contributed by atoms with van der Waals surface area (Å²) in [6, 6.07) is 10.5. The molecule has 8 nitrogen and oxygen atoms in total. The van der Waals surface area contributed by atoms with E-state index in [4.69, 9.17) is 18.9 Å². The Hall–Kier alpha value is -3.42. The van der Waals surface area contributed by atoms with Crippen molar-refractivity contribution in [1.29, 1.82) is 0 Å². The van der Waals surface area contributed by atoms with Gasteiger partial charge in [0.1, 0.15) is 5.75 Å². The van der Waals surface area contributed by atoms with Crippen LogP contribution in [-0.2, 0) is 9.59 Å². The average Bonchev–Trinajstić information content (AvgIpc) is 2.87. The number of methoxy groups -OCH3 is 4. The third kappa shape index (κ3) is 5.05. The largest absolute Gasteiger partial charge is 0.497 e. The van der Waals surface area contributed by atoms with E-state index >= 15 is 0 Å². The second-order valence-corrected chi connectivity index (χ2v) is 8.33. The summed E-state index contributed by atoms with van der Waals surface area (Å²) in [6.07, 6.45) is 1.53. The van der Waals surface area contributed by atoms with Gasteiger partial charge in [0.2, 0.25) is 17.6 Å². The van der Waals surface area contributed by atoms with E-state index in [0.717, 1.165) is 12.0 Å². The lowest BCUT2D eigenvalue weighted by molar-refractivity contribution is -0.129. The van der Waals surface area contributed by atoms with Gasteiger partial charge in [-0.15, -0.1) is 0 Å². The molecule has 1 fully saturated rings. The molecule has 2 amide bonds. The summed E-state index contributed by atoms with van der Waals surface area (Å²) in [6.45, 7) is 4.00. The van der Waals surface area contributed by atoms with Gasteiger partial charge in [-0.3, -0.25) is 9.59 Å². The van der Waals surface area contributed by atoms with Crippen LogP contribution < -0.4 is 29.2 Å². The average molecular weight is 471 g/mol. The number of rotatable bonds is 9. The molecule has 1 N–H and O–H groups in total. The number of nitrogens with one attached hydrogen (secondary N) is 1. The fourth-order valence-electron chi connectivity index (χ4n) is 4.31. The van der Waals surface area contributed by atoms with Crippen molar-refractivity contribution in [2.24, 2.45) is 5.92 Å². The minimum absolute atomic E-state index is 0.0382. The lowest BCUT2D eigenvalue weighted by Crippen LogP contribution is -2.49. The lowest BCUT2D eigenvalue weighted by atomic mass is 9.83. The minimum Gasteiger partial charge on any atom is -0.497 e. The number of anilines is 1. The van der Waals surface area contributed by atoms with E-state index < -0.39 is 12.0 Å². The molecule has 0 aromatic heterocycles. The Morgan fingerprint density at radius 1 is 1.03 bits per heavy atom. The van der Waals surface area contributed by atoms with Gasteiger partial charge < -0.3 is 29.2 Å². The van der Waals surface area contributed by atoms with E-state index in [2.05, 4.69) is 5.32 Å². The SMILES string of the molecule is CC[C@H](C)NC(=O)[C@H]1CCC(=O)N(c2cc(OC)c(OC)c(OC)c2)[C@@H]1c1ccc(OC)cc1. The lowest BCUT2D eigenvalue weighted by Gasteiger charge is -2.41. The molecule has 184 valence electrons. The molecule has 0 bridgehead atoms. The summed E-state index contributed by atoms with van der Waals surface area (Å²) in [5, 5.41) is 3.10. The quantitative estimate of drug-likeness (QED) is 0.593. The van der Waals surface area contributed by atoms with Crippen LogP contribution in [0, 0.1) is 5.92 Å². The Bertz CT molecular complexity index is 982. The van der Waals surface area contributed by atoms with Crippen LogP contribution in [0.4, 0.5) is 5.69 Å². The molecule has 1 saturated heterocycles. The van der Waals surface area contributed by atoms with Crippen molar-refractivity contribution >= 4 is 17.5 Å². The van der Waals surface area contributed by atoms with Gasteiger partial charge in [0.15, 0.2) is 11.5 Å². The fourth-order valence-corrected chi connectivity index (χ4v) is 4.31. The molecule has 8 heteroatoms. The maximum Gasteiger partial charge on any atom is 0.227 e. The highest BCUT2D eigenvalue weighted by atomic mass is 16.5. The molecule has 1 aliphatic heterocycles. The summed E-state index contributed by atoms with van der Waals surface area (Å²) < 4.78 is 21.8. The highest BCUT2D eigenvalue weighted by Crippen LogP contribution is 2.46. The third-order valence-corrected chi connectivity index (χ3v) is 6.32. The maximum absolute atomic E-state index is 13.4. The molecule has 0 unspecified atom stereocenters. The second kappa shape index (κ2) is 11.1. The molecular weight excluding hydrogens is 436 g/mol. The van der Waals surface area contributed by atoms with E-state index in [-0.39, 0.29) is 24.3 Å². The maximum atomic E-state index is 13.4. The topological polar surface area (TPSA) is 86.3 Å². The van der Waals surface area contributed by atoms with Gasteiger partial charge in [-0.25, -0.2) is 0 Å². The molecule has 2 aromatic carbocycles. The van der Waals surface area contributed by atoms with Crippen molar-refractivity contribution in [3.63, 3.8) is 0 Å².